The minimum Gasteiger partial charge on any atom is -0.483 e. The molecule has 0 aliphatic rings. The maximum Gasteiger partial charge on any atom is 0.258 e. The van der Waals surface area contributed by atoms with E-state index < -0.39 is 0 Å². The van der Waals surface area contributed by atoms with Crippen molar-refractivity contribution in [1.82, 2.24) is 5.32 Å². The Bertz CT molecular complexity index is 375. The molecular formula is C12H18N2O2. The first-order chi connectivity index (χ1) is 7.49. The van der Waals surface area contributed by atoms with Gasteiger partial charge in [0.1, 0.15) is 5.75 Å². The Morgan fingerprint density at radius 1 is 1.50 bits per heavy atom. The van der Waals surface area contributed by atoms with Crippen LogP contribution in [0.2, 0.25) is 0 Å². The number of hydrogen-bond donors (Lipinski definition) is 2. The average Bonchev–Trinajstić information content (AvgIpc) is 2.18. The number of hydrogen-bond acceptors (Lipinski definition) is 3. The summed E-state index contributed by atoms with van der Waals surface area (Å²) in [5.41, 5.74) is 7.23. The Morgan fingerprint density at radius 2 is 2.19 bits per heavy atom. The summed E-state index contributed by atoms with van der Waals surface area (Å²) in [4.78, 5) is 11.4. The summed E-state index contributed by atoms with van der Waals surface area (Å²) < 4.78 is 5.39. The molecule has 0 bridgehead atoms. The van der Waals surface area contributed by atoms with Gasteiger partial charge in [-0.1, -0.05) is 6.07 Å². The molecule has 0 radical (unpaired) electrons. The second kappa shape index (κ2) is 5.39. The maximum absolute atomic E-state index is 11.4. The molecule has 0 unspecified atom stereocenters. The Kier molecular flexibility index (Phi) is 4.17. The number of aryl methyl sites for hydroxylation is 1. The van der Waals surface area contributed by atoms with Crippen molar-refractivity contribution in [3.8, 4) is 5.75 Å². The lowest BCUT2D eigenvalue weighted by Gasteiger charge is -2.11. The van der Waals surface area contributed by atoms with E-state index in [1.54, 1.807) is 12.1 Å². The van der Waals surface area contributed by atoms with Crippen molar-refractivity contribution in [2.75, 3.05) is 12.3 Å². The summed E-state index contributed by atoms with van der Waals surface area (Å²) in [5, 5.41) is 2.75. The van der Waals surface area contributed by atoms with Crippen molar-refractivity contribution in [2.24, 2.45) is 0 Å². The lowest BCUT2D eigenvalue weighted by molar-refractivity contribution is -0.123. The molecule has 16 heavy (non-hydrogen) atoms. The van der Waals surface area contributed by atoms with Crippen molar-refractivity contribution in [1.29, 1.82) is 0 Å². The molecule has 0 aliphatic heterocycles. The first-order valence-corrected chi connectivity index (χ1v) is 5.27. The van der Waals surface area contributed by atoms with Crippen LogP contribution in [0.25, 0.3) is 0 Å². The van der Waals surface area contributed by atoms with Gasteiger partial charge in [0.15, 0.2) is 6.61 Å². The van der Waals surface area contributed by atoms with E-state index in [-0.39, 0.29) is 18.6 Å². The number of nitrogens with two attached hydrogens (primary N) is 1. The molecule has 0 atom stereocenters. The van der Waals surface area contributed by atoms with Crippen molar-refractivity contribution >= 4 is 11.6 Å². The molecule has 0 saturated heterocycles. The third-order valence-electron chi connectivity index (χ3n) is 2.02. The van der Waals surface area contributed by atoms with Crippen LogP contribution in [0.4, 0.5) is 5.69 Å². The van der Waals surface area contributed by atoms with Crippen LogP contribution in [0, 0.1) is 6.92 Å². The molecule has 0 aromatic heterocycles. The van der Waals surface area contributed by atoms with Gasteiger partial charge in [0.05, 0.1) is 0 Å². The zero-order valence-electron chi connectivity index (χ0n) is 9.91. The van der Waals surface area contributed by atoms with Gasteiger partial charge in [0, 0.05) is 17.8 Å². The van der Waals surface area contributed by atoms with Crippen LogP contribution >= 0.6 is 0 Å². The van der Waals surface area contributed by atoms with E-state index in [9.17, 15) is 4.79 Å². The largest absolute Gasteiger partial charge is 0.483 e. The number of carbonyl (C=O) groups excluding carboxylic acids is 1. The monoisotopic (exact) mass is 222 g/mol. The van der Waals surface area contributed by atoms with Gasteiger partial charge >= 0.3 is 0 Å². The number of benzene rings is 1. The van der Waals surface area contributed by atoms with Crippen LogP contribution in [0.15, 0.2) is 18.2 Å². The predicted octanol–water partition coefficient (Wildman–Crippen LogP) is 1.48. The Balaban J connectivity index is 2.54. The fourth-order valence-corrected chi connectivity index (χ4v) is 1.28. The van der Waals surface area contributed by atoms with Crippen LogP contribution in [-0.2, 0) is 4.79 Å². The van der Waals surface area contributed by atoms with Crippen LogP contribution in [-0.4, -0.2) is 18.6 Å². The summed E-state index contributed by atoms with van der Waals surface area (Å²) >= 11 is 0. The highest BCUT2D eigenvalue weighted by atomic mass is 16.5. The number of nitrogen functional groups attached to an aromatic ring is 1. The number of rotatable bonds is 4. The summed E-state index contributed by atoms with van der Waals surface area (Å²) in [5.74, 6) is 0.524. The molecule has 1 aromatic carbocycles. The van der Waals surface area contributed by atoms with Crippen molar-refractivity contribution in [3.05, 3.63) is 23.8 Å². The molecule has 1 aromatic rings. The molecule has 1 amide bonds. The summed E-state index contributed by atoms with van der Waals surface area (Å²) in [6.45, 7) is 5.74. The van der Waals surface area contributed by atoms with Crippen molar-refractivity contribution in [2.45, 2.75) is 26.8 Å². The fraction of sp³-hybridized carbons (Fsp3) is 0.417. The van der Waals surface area contributed by atoms with E-state index in [1.165, 1.54) is 0 Å². The number of ether oxygens (including phenoxy) is 1. The summed E-state index contributed by atoms with van der Waals surface area (Å²) in [6.07, 6.45) is 0. The van der Waals surface area contributed by atoms with E-state index in [1.807, 2.05) is 26.8 Å². The van der Waals surface area contributed by atoms with Gasteiger partial charge in [-0.05, 0) is 32.4 Å². The maximum atomic E-state index is 11.4. The first-order valence-electron chi connectivity index (χ1n) is 5.27. The molecule has 0 aliphatic carbocycles. The molecule has 4 nitrogen and oxygen atoms in total. The number of amides is 1. The van der Waals surface area contributed by atoms with Gasteiger partial charge in [-0.2, -0.15) is 0 Å². The third-order valence-corrected chi connectivity index (χ3v) is 2.02. The Morgan fingerprint density at radius 3 is 2.81 bits per heavy atom. The van der Waals surface area contributed by atoms with Gasteiger partial charge in [0.2, 0.25) is 0 Å². The molecule has 1 rings (SSSR count). The summed E-state index contributed by atoms with van der Waals surface area (Å²) in [7, 11) is 0. The highest BCUT2D eigenvalue weighted by Crippen LogP contribution is 2.20. The minimum absolute atomic E-state index is 0.0163. The molecule has 0 heterocycles. The molecule has 4 heteroatoms. The second-order valence-corrected chi connectivity index (χ2v) is 4.04. The molecular weight excluding hydrogens is 204 g/mol. The molecule has 0 fully saturated rings. The topological polar surface area (TPSA) is 64.3 Å². The second-order valence-electron chi connectivity index (χ2n) is 4.04. The first kappa shape index (κ1) is 12.4. The van der Waals surface area contributed by atoms with Crippen molar-refractivity contribution in [3.63, 3.8) is 0 Å². The molecule has 3 N–H and O–H groups in total. The van der Waals surface area contributed by atoms with Crippen LogP contribution < -0.4 is 15.8 Å². The van der Waals surface area contributed by atoms with E-state index in [0.29, 0.717) is 11.4 Å². The Labute approximate surface area is 95.8 Å². The average molecular weight is 222 g/mol. The van der Waals surface area contributed by atoms with E-state index in [4.69, 9.17) is 10.5 Å². The minimum atomic E-state index is -0.128. The van der Waals surface area contributed by atoms with Gasteiger partial charge < -0.3 is 15.8 Å². The number of nitrogens with one attached hydrogen (secondary N) is 1. The van der Waals surface area contributed by atoms with E-state index in [0.717, 1.165) is 5.56 Å². The van der Waals surface area contributed by atoms with E-state index in [2.05, 4.69) is 5.32 Å². The van der Waals surface area contributed by atoms with Crippen LogP contribution in [0.1, 0.15) is 19.4 Å². The van der Waals surface area contributed by atoms with Gasteiger partial charge in [-0.15, -0.1) is 0 Å². The van der Waals surface area contributed by atoms with Crippen LogP contribution in [0.3, 0.4) is 0 Å². The van der Waals surface area contributed by atoms with Gasteiger partial charge in [0.25, 0.3) is 5.91 Å². The Hall–Kier alpha value is -1.71. The smallest absolute Gasteiger partial charge is 0.258 e. The van der Waals surface area contributed by atoms with Gasteiger partial charge in [-0.3, -0.25) is 4.79 Å². The lowest BCUT2D eigenvalue weighted by Crippen LogP contribution is -2.34. The lowest BCUT2D eigenvalue weighted by atomic mass is 10.2. The van der Waals surface area contributed by atoms with Crippen molar-refractivity contribution < 1.29 is 9.53 Å². The number of carbonyl (C=O) groups is 1. The number of anilines is 1. The molecule has 0 saturated carbocycles. The quantitative estimate of drug-likeness (QED) is 0.758. The SMILES string of the molecule is Cc1ccc(N)cc1OCC(=O)NC(C)C. The molecule has 0 spiro atoms. The van der Waals surface area contributed by atoms with Crippen LogP contribution in [0.5, 0.6) is 5.75 Å². The molecule has 88 valence electrons. The normalized spacial score (nSPS) is 10.2. The third kappa shape index (κ3) is 3.81. The fourth-order valence-electron chi connectivity index (χ4n) is 1.28. The van der Waals surface area contributed by atoms with Gasteiger partial charge in [-0.25, -0.2) is 0 Å². The highest BCUT2D eigenvalue weighted by molar-refractivity contribution is 5.77. The predicted molar refractivity (Wildman–Crippen MR) is 64.4 cm³/mol. The summed E-state index contributed by atoms with van der Waals surface area (Å²) in [6, 6.07) is 5.51. The highest BCUT2D eigenvalue weighted by Gasteiger charge is 2.06. The van der Waals surface area contributed by atoms with E-state index >= 15 is 0 Å². The zero-order chi connectivity index (χ0) is 12.1. The zero-order valence-corrected chi connectivity index (χ0v) is 9.91. The standard InChI is InChI=1S/C12H18N2O2/c1-8(2)14-12(15)7-16-11-6-10(13)5-4-9(11)3/h4-6,8H,7,13H2,1-3H3,(H,14,15).